The number of esters is 1. The summed E-state index contributed by atoms with van der Waals surface area (Å²) >= 11 is 0. The molecule has 0 heterocycles. The molecule has 0 aromatic heterocycles. The summed E-state index contributed by atoms with van der Waals surface area (Å²) < 4.78 is 50.5. The van der Waals surface area contributed by atoms with Gasteiger partial charge in [-0.2, -0.15) is 8.42 Å². The van der Waals surface area contributed by atoms with Crippen molar-refractivity contribution in [3.63, 3.8) is 0 Å². The van der Waals surface area contributed by atoms with Gasteiger partial charge in [-0.15, -0.1) is 0 Å². The average Bonchev–Trinajstić information content (AvgIpc) is 2.70. The third-order valence-corrected chi connectivity index (χ3v) is 5.35. The summed E-state index contributed by atoms with van der Waals surface area (Å²) in [4.78, 5) is 11.6. The van der Waals surface area contributed by atoms with Crippen molar-refractivity contribution < 1.29 is 36.3 Å². The minimum absolute atomic E-state index is 0.0441. The Labute approximate surface area is 192 Å². The monoisotopic (exact) mass is 474 g/mol. The zero-order valence-electron chi connectivity index (χ0n) is 19.8. The van der Waals surface area contributed by atoms with Crippen LogP contribution in [-0.4, -0.2) is 66.2 Å². The summed E-state index contributed by atoms with van der Waals surface area (Å²) in [5, 5.41) is 0. The lowest BCUT2D eigenvalue weighted by atomic mass is 10.2. The number of aryl methyl sites for hydroxylation is 1. The highest BCUT2D eigenvalue weighted by Crippen LogP contribution is 2.13. The van der Waals surface area contributed by atoms with Crippen LogP contribution in [0.15, 0.2) is 29.2 Å². The molecule has 1 aromatic rings. The fourth-order valence-electron chi connectivity index (χ4n) is 2.50. The van der Waals surface area contributed by atoms with Crippen molar-refractivity contribution in [2.75, 3.05) is 46.2 Å². The summed E-state index contributed by atoms with van der Waals surface area (Å²) in [6.45, 7) is 10.1. The van der Waals surface area contributed by atoms with Crippen LogP contribution < -0.4 is 0 Å². The average molecular weight is 475 g/mol. The zero-order valence-corrected chi connectivity index (χ0v) is 20.6. The van der Waals surface area contributed by atoms with Gasteiger partial charge >= 0.3 is 5.97 Å². The van der Waals surface area contributed by atoms with Crippen molar-refractivity contribution in [2.45, 2.75) is 63.9 Å². The molecule has 0 fully saturated rings. The normalized spacial score (nSPS) is 12.1. The number of unbranched alkanes of at least 4 members (excludes halogenated alkanes) is 1. The molecule has 0 saturated heterocycles. The van der Waals surface area contributed by atoms with E-state index in [1.54, 1.807) is 24.3 Å². The Morgan fingerprint density at radius 2 is 1.28 bits per heavy atom. The molecule has 0 amide bonds. The fraction of sp³-hybridized carbons (Fsp3) is 0.696. The molecule has 0 saturated carbocycles. The first-order chi connectivity index (χ1) is 15.1. The van der Waals surface area contributed by atoms with E-state index in [1.807, 2.05) is 27.7 Å². The van der Waals surface area contributed by atoms with E-state index >= 15 is 0 Å². The molecule has 0 aliphatic carbocycles. The van der Waals surface area contributed by atoms with E-state index in [9.17, 15) is 13.2 Å². The second-order valence-corrected chi connectivity index (χ2v) is 9.98. The first-order valence-electron chi connectivity index (χ1n) is 11.0. The Balaban J connectivity index is 1.88. The Morgan fingerprint density at radius 1 is 0.781 bits per heavy atom. The maximum atomic E-state index is 12.0. The molecule has 0 aliphatic heterocycles. The zero-order chi connectivity index (χ0) is 23.9. The van der Waals surface area contributed by atoms with Crippen LogP contribution in [-0.2, 0) is 38.0 Å². The summed E-state index contributed by atoms with van der Waals surface area (Å²) in [5.74, 6) is -0.363. The molecule has 1 aromatic carbocycles. The summed E-state index contributed by atoms with van der Waals surface area (Å²) in [7, 11) is -3.71. The molecule has 0 bridgehead atoms. The minimum atomic E-state index is -3.71. The third kappa shape index (κ3) is 14.5. The minimum Gasteiger partial charge on any atom is -0.458 e. The summed E-state index contributed by atoms with van der Waals surface area (Å²) in [6.07, 6.45) is 2.95. The van der Waals surface area contributed by atoms with Crippen LogP contribution in [0.3, 0.4) is 0 Å². The number of carbonyl (C=O) groups is 1. The smallest absolute Gasteiger partial charge is 0.332 e. The van der Waals surface area contributed by atoms with E-state index in [1.165, 1.54) is 0 Å². The molecule has 0 N–H and O–H groups in total. The molecule has 9 heteroatoms. The van der Waals surface area contributed by atoms with E-state index in [0.717, 1.165) is 18.4 Å². The lowest BCUT2D eigenvalue weighted by Gasteiger charge is -2.19. The van der Waals surface area contributed by atoms with E-state index in [2.05, 4.69) is 0 Å². The lowest BCUT2D eigenvalue weighted by molar-refractivity contribution is -0.160. The predicted octanol–water partition coefficient (Wildman–Crippen LogP) is 3.65. The van der Waals surface area contributed by atoms with Gasteiger partial charge in [0.05, 0.1) is 11.5 Å². The van der Waals surface area contributed by atoms with Gasteiger partial charge in [0.25, 0.3) is 10.1 Å². The van der Waals surface area contributed by atoms with Crippen molar-refractivity contribution in [3.05, 3.63) is 29.8 Å². The number of rotatable bonds is 17. The number of carbonyl (C=O) groups excluding carboxylic acids is 1. The molecule has 1 rings (SSSR count). The molecule has 8 nitrogen and oxygen atoms in total. The quantitative estimate of drug-likeness (QED) is 0.192. The van der Waals surface area contributed by atoms with Gasteiger partial charge in [-0.1, -0.05) is 17.7 Å². The van der Waals surface area contributed by atoms with Crippen molar-refractivity contribution in [1.82, 2.24) is 0 Å². The highest BCUT2D eigenvalue weighted by atomic mass is 32.2. The van der Waals surface area contributed by atoms with Crippen molar-refractivity contribution in [2.24, 2.45) is 0 Å². The van der Waals surface area contributed by atoms with Gasteiger partial charge in [0.2, 0.25) is 0 Å². The van der Waals surface area contributed by atoms with E-state index < -0.39 is 15.7 Å². The van der Waals surface area contributed by atoms with Crippen LogP contribution >= 0.6 is 0 Å². The molecular weight excluding hydrogens is 436 g/mol. The molecule has 0 atom stereocenters. The second-order valence-electron chi connectivity index (χ2n) is 8.37. The van der Waals surface area contributed by atoms with E-state index in [4.69, 9.17) is 23.1 Å². The van der Waals surface area contributed by atoms with Gasteiger partial charge in [-0.05, 0) is 65.5 Å². The third-order valence-electron chi connectivity index (χ3n) is 4.03. The number of benzene rings is 1. The Hall–Kier alpha value is -1.52. The van der Waals surface area contributed by atoms with Gasteiger partial charge in [0.1, 0.15) is 12.2 Å². The molecular formula is C23H38O8S. The molecule has 0 radical (unpaired) electrons. The van der Waals surface area contributed by atoms with Crippen LogP contribution in [0.5, 0.6) is 0 Å². The standard InChI is InChI=1S/C23H38O8S/c1-20-9-11-21(12-10-20)32(25,26)30-18-8-16-28-14-6-5-13-27-15-7-17-29-19-22(24)31-23(2,3)4/h9-12H,5-8,13-19H2,1-4H3. The maximum Gasteiger partial charge on any atom is 0.332 e. The van der Waals surface area contributed by atoms with Crippen LogP contribution in [0.25, 0.3) is 0 Å². The highest BCUT2D eigenvalue weighted by molar-refractivity contribution is 7.86. The SMILES string of the molecule is Cc1ccc(S(=O)(=O)OCCCOCCCCOCCCOCC(=O)OC(C)(C)C)cc1. The summed E-state index contributed by atoms with van der Waals surface area (Å²) in [6, 6.07) is 6.56. The fourth-order valence-corrected chi connectivity index (χ4v) is 3.45. The molecule has 0 unspecified atom stereocenters. The van der Waals surface area contributed by atoms with Crippen molar-refractivity contribution in [1.29, 1.82) is 0 Å². The largest absolute Gasteiger partial charge is 0.458 e. The van der Waals surface area contributed by atoms with Crippen LogP contribution in [0.4, 0.5) is 0 Å². The maximum absolute atomic E-state index is 12.0. The Kier molecular flexibility index (Phi) is 13.7. The van der Waals surface area contributed by atoms with Crippen molar-refractivity contribution >= 4 is 16.1 Å². The van der Waals surface area contributed by atoms with Gasteiger partial charge < -0.3 is 18.9 Å². The molecule has 184 valence electrons. The predicted molar refractivity (Wildman–Crippen MR) is 121 cm³/mol. The van der Waals surface area contributed by atoms with E-state index in [-0.39, 0.29) is 24.1 Å². The van der Waals surface area contributed by atoms with Gasteiger partial charge in [-0.3, -0.25) is 4.18 Å². The first kappa shape index (κ1) is 28.5. The Morgan fingerprint density at radius 3 is 1.84 bits per heavy atom. The summed E-state index contributed by atoms with van der Waals surface area (Å²) in [5.41, 5.74) is 0.496. The van der Waals surface area contributed by atoms with Gasteiger partial charge in [-0.25, -0.2) is 4.79 Å². The number of hydrogen-bond donors (Lipinski definition) is 0. The lowest BCUT2D eigenvalue weighted by Crippen LogP contribution is -2.26. The second kappa shape index (κ2) is 15.3. The topological polar surface area (TPSA) is 97.4 Å². The van der Waals surface area contributed by atoms with Crippen LogP contribution in [0.2, 0.25) is 0 Å². The molecule has 0 aliphatic rings. The Bertz CT molecular complexity index is 738. The number of ether oxygens (including phenoxy) is 4. The highest BCUT2D eigenvalue weighted by Gasteiger charge is 2.16. The van der Waals surface area contributed by atoms with Gasteiger partial charge in [0.15, 0.2) is 0 Å². The van der Waals surface area contributed by atoms with Crippen molar-refractivity contribution in [3.8, 4) is 0 Å². The first-order valence-corrected chi connectivity index (χ1v) is 12.4. The van der Waals surface area contributed by atoms with Gasteiger partial charge in [0, 0.05) is 33.0 Å². The number of hydrogen-bond acceptors (Lipinski definition) is 8. The van der Waals surface area contributed by atoms with E-state index in [0.29, 0.717) is 45.9 Å². The molecule has 0 spiro atoms. The van der Waals surface area contributed by atoms with Crippen LogP contribution in [0.1, 0.15) is 52.0 Å². The molecule has 32 heavy (non-hydrogen) atoms. The van der Waals surface area contributed by atoms with Crippen LogP contribution in [0, 0.1) is 6.92 Å².